The number of aromatic nitrogens is 3. The first-order chi connectivity index (χ1) is 7.77. The van der Waals surface area contributed by atoms with E-state index in [0.717, 1.165) is 19.3 Å². The Morgan fingerprint density at radius 3 is 2.94 bits per heavy atom. The van der Waals surface area contributed by atoms with Crippen molar-refractivity contribution in [2.24, 2.45) is 0 Å². The molecule has 1 aliphatic rings. The van der Waals surface area contributed by atoms with Crippen LogP contribution in [0.5, 0.6) is 0 Å². The van der Waals surface area contributed by atoms with Crippen molar-refractivity contribution in [3.8, 4) is 0 Å². The summed E-state index contributed by atoms with van der Waals surface area (Å²) in [5, 5.41) is 11.0. The number of aromatic carboxylic acids is 1. The molecule has 1 aliphatic carbocycles. The Kier molecular flexibility index (Phi) is 1.92. The molecule has 0 radical (unpaired) electrons. The van der Waals surface area contributed by atoms with E-state index in [-0.39, 0.29) is 11.9 Å². The molecule has 0 unspecified atom stereocenters. The summed E-state index contributed by atoms with van der Waals surface area (Å²) in [5.41, 5.74) is 1.26. The van der Waals surface area contributed by atoms with Gasteiger partial charge in [0.05, 0.1) is 0 Å². The fourth-order valence-corrected chi connectivity index (χ4v) is 2.06. The van der Waals surface area contributed by atoms with Crippen molar-refractivity contribution in [3.63, 3.8) is 0 Å². The van der Waals surface area contributed by atoms with E-state index < -0.39 is 5.97 Å². The lowest BCUT2D eigenvalue weighted by Gasteiger charge is -2.28. The van der Waals surface area contributed by atoms with Crippen molar-refractivity contribution >= 4 is 17.1 Å². The molecule has 0 bridgehead atoms. The minimum absolute atomic E-state index is 0.00148. The normalized spacial score (nSPS) is 16.2. The zero-order chi connectivity index (χ0) is 11.1. The molecule has 0 aromatic carbocycles. The van der Waals surface area contributed by atoms with Crippen LogP contribution in [0.15, 0.2) is 18.3 Å². The number of hydrogen-bond donors (Lipinski definition) is 0. The Morgan fingerprint density at radius 2 is 2.31 bits per heavy atom. The van der Waals surface area contributed by atoms with E-state index in [2.05, 4.69) is 9.97 Å². The van der Waals surface area contributed by atoms with Crippen molar-refractivity contribution in [3.05, 3.63) is 24.2 Å². The lowest BCUT2D eigenvalue weighted by atomic mass is 9.93. The SMILES string of the molecule is O=C([O-])c1nc2cccnc2n1C1CCC1. The van der Waals surface area contributed by atoms with E-state index >= 15 is 0 Å². The molecule has 2 aromatic rings. The number of carboxylic acids is 1. The molecule has 1 fully saturated rings. The number of hydrogen-bond acceptors (Lipinski definition) is 4. The van der Waals surface area contributed by atoms with Gasteiger partial charge in [0.1, 0.15) is 11.5 Å². The Morgan fingerprint density at radius 1 is 1.50 bits per heavy atom. The number of rotatable bonds is 2. The van der Waals surface area contributed by atoms with Crippen molar-refractivity contribution in [1.29, 1.82) is 0 Å². The second kappa shape index (κ2) is 3.30. The molecular formula is C11H10N3O2-. The lowest BCUT2D eigenvalue weighted by molar-refractivity contribution is -0.256. The molecule has 2 aromatic heterocycles. The molecule has 0 atom stereocenters. The summed E-state index contributed by atoms with van der Waals surface area (Å²) in [6, 6.07) is 3.73. The molecule has 0 N–H and O–H groups in total. The smallest absolute Gasteiger partial charge is 0.160 e. The van der Waals surface area contributed by atoms with Gasteiger partial charge in [-0.05, 0) is 31.4 Å². The summed E-state index contributed by atoms with van der Waals surface area (Å²) < 4.78 is 1.70. The quantitative estimate of drug-likeness (QED) is 0.733. The molecule has 0 aliphatic heterocycles. The first-order valence-electron chi connectivity index (χ1n) is 5.31. The fourth-order valence-electron chi connectivity index (χ4n) is 2.06. The lowest BCUT2D eigenvalue weighted by Crippen LogP contribution is -2.30. The molecule has 0 saturated heterocycles. The van der Waals surface area contributed by atoms with E-state index in [0.29, 0.717) is 11.2 Å². The fraction of sp³-hybridized carbons (Fsp3) is 0.364. The Bertz CT molecular complexity index is 557. The zero-order valence-corrected chi connectivity index (χ0v) is 8.59. The number of carbonyl (C=O) groups excluding carboxylic acids is 1. The van der Waals surface area contributed by atoms with E-state index in [1.54, 1.807) is 22.9 Å². The highest BCUT2D eigenvalue weighted by atomic mass is 16.4. The molecular weight excluding hydrogens is 206 g/mol. The third-order valence-corrected chi connectivity index (χ3v) is 3.07. The van der Waals surface area contributed by atoms with Gasteiger partial charge in [0.25, 0.3) is 0 Å². The van der Waals surface area contributed by atoms with Gasteiger partial charge in [-0.1, -0.05) is 0 Å². The van der Waals surface area contributed by atoms with Gasteiger partial charge >= 0.3 is 0 Å². The predicted molar refractivity (Wildman–Crippen MR) is 54.7 cm³/mol. The average Bonchev–Trinajstić information content (AvgIpc) is 2.56. The van der Waals surface area contributed by atoms with Gasteiger partial charge in [0, 0.05) is 12.2 Å². The van der Waals surface area contributed by atoms with Crippen molar-refractivity contribution in [2.75, 3.05) is 0 Å². The van der Waals surface area contributed by atoms with Crippen LogP contribution in [0.2, 0.25) is 0 Å². The summed E-state index contributed by atoms with van der Waals surface area (Å²) in [5.74, 6) is -1.23. The number of carbonyl (C=O) groups is 1. The number of imidazole rings is 1. The van der Waals surface area contributed by atoms with E-state index in [9.17, 15) is 9.90 Å². The zero-order valence-electron chi connectivity index (χ0n) is 8.59. The highest BCUT2D eigenvalue weighted by Gasteiger charge is 2.25. The maximum atomic E-state index is 11.0. The molecule has 16 heavy (non-hydrogen) atoms. The second-order valence-electron chi connectivity index (χ2n) is 4.02. The maximum absolute atomic E-state index is 11.0. The van der Waals surface area contributed by atoms with Crippen LogP contribution < -0.4 is 5.11 Å². The van der Waals surface area contributed by atoms with Crippen LogP contribution in [-0.2, 0) is 0 Å². The highest BCUT2D eigenvalue weighted by molar-refractivity contribution is 5.87. The monoisotopic (exact) mass is 216 g/mol. The van der Waals surface area contributed by atoms with Crippen LogP contribution in [0, 0.1) is 0 Å². The number of fused-ring (bicyclic) bond motifs is 1. The summed E-state index contributed by atoms with van der Waals surface area (Å²) in [4.78, 5) is 19.3. The molecule has 2 heterocycles. The molecule has 1 saturated carbocycles. The highest BCUT2D eigenvalue weighted by Crippen LogP contribution is 2.34. The van der Waals surface area contributed by atoms with Crippen LogP contribution in [0.1, 0.15) is 35.9 Å². The van der Waals surface area contributed by atoms with Crippen molar-refractivity contribution in [2.45, 2.75) is 25.3 Å². The van der Waals surface area contributed by atoms with Crippen LogP contribution in [0.4, 0.5) is 0 Å². The van der Waals surface area contributed by atoms with Gasteiger partial charge < -0.3 is 14.5 Å². The van der Waals surface area contributed by atoms with Crippen LogP contribution in [0.25, 0.3) is 11.2 Å². The minimum Gasteiger partial charge on any atom is -0.542 e. The summed E-state index contributed by atoms with van der Waals surface area (Å²) in [7, 11) is 0. The Hall–Kier alpha value is -1.91. The van der Waals surface area contributed by atoms with Gasteiger partial charge in [0.15, 0.2) is 11.5 Å². The van der Waals surface area contributed by atoms with Crippen LogP contribution >= 0.6 is 0 Å². The molecule has 5 nitrogen and oxygen atoms in total. The average molecular weight is 216 g/mol. The first kappa shape index (κ1) is 9.33. The number of nitrogens with zero attached hydrogens (tertiary/aromatic N) is 3. The van der Waals surface area contributed by atoms with Crippen LogP contribution in [-0.4, -0.2) is 20.5 Å². The third kappa shape index (κ3) is 1.21. The summed E-state index contributed by atoms with van der Waals surface area (Å²) in [6.45, 7) is 0. The van der Waals surface area contributed by atoms with Crippen molar-refractivity contribution < 1.29 is 9.90 Å². The second-order valence-corrected chi connectivity index (χ2v) is 4.02. The summed E-state index contributed by atoms with van der Waals surface area (Å²) >= 11 is 0. The largest absolute Gasteiger partial charge is 0.542 e. The topological polar surface area (TPSA) is 70.8 Å². The van der Waals surface area contributed by atoms with Crippen molar-refractivity contribution in [1.82, 2.24) is 14.5 Å². The number of carboxylic acid groups (broad SMARTS) is 1. The Balaban J connectivity index is 2.26. The molecule has 0 amide bonds. The van der Waals surface area contributed by atoms with Gasteiger partial charge in [0.2, 0.25) is 0 Å². The van der Waals surface area contributed by atoms with E-state index in [1.165, 1.54) is 0 Å². The van der Waals surface area contributed by atoms with Crippen LogP contribution in [0.3, 0.4) is 0 Å². The van der Waals surface area contributed by atoms with Gasteiger partial charge in [-0.15, -0.1) is 0 Å². The third-order valence-electron chi connectivity index (χ3n) is 3.07. The molecule has 0 spiro atoms. The van der Waals surface area contributed by atoms with Gasteiger partial charge in [-0.2, -0.15) is 0 Å². The number of pyridine rings is 1. The molecule has 82 valence electrons. The maximum Gasteiger partial charge on any atom is 0.160 e. The van der Waals surface area contributed by atoms with Gasteiger partial charge in [-0.3, -0.25) is 0 Å². The Labute approximate surface area is 91.7 Å². The molecule has 3 rings (SSSR count). The minimum atomic E-state index is -1.23. The first-order valence-corrected chi connectivity index (χ1v) is 5.31. The summed E-state index contributed by atoms with van der Waals surface area (Å²) in [6.07, 6.45) is 4.76. The van der Waals surface area contributed by atoms with Gasteiger partial charge in [-0.25, -0.2) is 9.97 Å². The standard InChI is InChI=1S/C11H11N3O2/c15-11(16)10-13-8-5-2-6-12-9(8)14(10)7-3-1-4-7/h2,5-7H,1,3-4H2,(H,15,16)/p-1. The van der Waals surface area contributed by atoms with E-state index in [4.69, 9.17) is 0 Å². The van der Waals surface area contributed by atoms with E-state index in [1.807, 2.05) is 0 Å². The predicted octanol–water partition coefficient (Wildman–Crippen LogP) is 0.520. The molecule has 5 heteroatoms.